The van der Waals surface area contributed by atoms with E-state index in [0.29, 0.717) is 0 Å². The minimum absolute atomic E-state index is 0.821. The minimum atomic E-state index is 0.821. The molecule has 2 aromatic rings. The van der Waals surface area contributed by atoms with E-state index in [2.05, 4.69) is 47.3 Å². The first-order chi connectivity index (χ1) is 9.58. The zero-order chi connectivity index (χ0) is 14.5. The second-order valence-electron chi connectivity index (χ2n) is 4.90. The lowest BCUT2D eigenvalue weighted by Crippen LogP contribution is -2.12. The number of nitrogens with one attached hydrogen (secondary N) is 1. The maximum Gasteiger partial charge on any atom is 0.192 e. The van der Waals surface area contributed by atoms with E-state index in [1.54, 1.807) is 11.8 Å². The number of benzene rings is 1. The molecule has 0 spiro atoms. The van der Waals surface area contributed by atoms with Gasteiger partial charge in [0.1, 0.15) is 0 Å². The van der Waals surface area contributed by atoms with Gasteiger partial charge in [0.2, 0.25) is 0 Å². The number of hydrogen-bond acceptors (Lipinski definition) is 4. The maximum absolute atomic E-state index is 4.47. The van der Waals surface area contributed by atoms with Crippen molar-refractivity contribution >= 4 is 11.8 Å². The van der Waals surface area contributed by atoms with Crippen LogP contribution in [-0.2, 0) is 6.54 Å². The summed E-state index contributed by atoms with van der Waals surface area (Å²) in [6.07, 6.45) is 0. The molecule has 1 heterocycles. The van der Waals surface area contributed by atoms with Gasteiger partial charge in [0.05, 0.1) is 0 Å². The maximum atomic E-state index is 4.47. The number of aromatic nitrogens is 2. The van der Waals surface area contributed by atoms with Gasteiger partial charge in [-0.15, -0.1) is 0 Å². The molecule has 0 amide bonds. The summed E-state index contributed by atoms with van der Waals surface area (Å²) in [5, 5.41) is 4.18. The Morgan fingerprint density at radius 3 is 2.35 bits per heavy atom. The molecule has 20 heavy (non-hydrogen) atoms. The molecule has 1 aromatic heterocycles. The third kappa shape index (κ3) is 4.05. The molecule has 0 aliphatic carbocycles. The van der Waals surface area contributed by atoms with Crippen LogP contribution in [0.2, 0.25) is 0 Å². The van der Waals surface area contributed by atoms with Crippen molar-refractivity contribution in [3.05, 3.63) is 46.8 Å². The Morgan fingerprint density at radius 1 is 1.05 bits per heavy atom. The highest BCUT2D eigenvalue weighted by Gasteiger charge is 2.05. The lowest BCUT2D eigenvalue weighted by atomic mass is 10.1. The summed E-state index contributed by atoms with van der Waals surface area (Å²) < 4.78 is 0. The summed E-state index contributed by atoms with van der Waals surface area (Å²) in [7, 11) is 0. The summed E-state index contributed by atoms with van der Waals surface area (Å²) in [6, 6.07) is 8.53. The first-order valence-electron chi connectivity index (χ1n) is 6.89. The third-order valence-corrected chi connectivity index (χ3v) is 3.91. The van der Waals surface area contributed by atoms with E-state index in [0.717, 1.165) is 29.6 Å². The van der Waals surface area contributed by atoms with Crippen LogP contribution in [0.5, 0.6) is 0 Å². The van der Waals surface area contributed by atoms with E-state index in [9.17, 15) is 0 Å². The molecule has 0 atom stereocenters. The zero-order valence-corrected chi connectivity index (χ0v) is 13.3. The van der Waals surface area contributed by atoms with E-state index in [4.69, 9.17) is 0 Å². The SMILES string of the molecule is CCNCc1ccc(Sc2nc(C)cc(C)n2)cc1C. The van der Waals surface area contributed by atoms with Crippen molar-refractivity contribution in [2.24, 2.45) is 0 Å². The van der Waals surface area contributed by atoms with Crippen molar-refractivity contribution in [1.82, 2.24) is 15.3 Å². The Hall–Kier alpha value is -1.39. The number of hydrogen-bond donors (Lipinski definition) is 1. The molecule has 4 heteroatoms. The van der Waals surface area contributed by atoms with Crippen LogP contribution in [0.15, 0.2) is 34.3 Å². The molecule has 1 N–H and O–H groups in total. The first kappa shape index (κ1) is 15.0. The lowest BCUT2D eigenvalue weighted by Gasteiger charge is -2.09. The molecule has 0 fully saturated rings. The Kier molecular flexibility index (Phi) is 5.15. The van der Waals surface area contributed by atoms with Gasteiger partial charge in [0.15, 0.2) is 5.16 Å². The van der Waals surface area contributed by atoms with Crippen molar-refractivity contribution in [2.45, 2.75) is 44.3 Å². The molecule has 3 nitrogen and oxygen atoms in total. The Balaban J connectivity index is 2.15. The molecule has 0 bridgehead atoms. The topological polar surface area (TPSA) is 37.8 Å². The van der Waals surface area contributed by atoms with Crippen LogP contribution in [0.3, 0.4) is 0 Å². The molecule has 0 radical (unpaired) electrons. The first-order valence-corrected chi connectivity index (χ1v) is 7.70. The highest BCUT2D eigenvalue weighted by Crippen LogP contribution is 2.26. The normalized spacial score (nSPS) is 10.8. The molecule has 1 aromatic carbocycles. The average Bonchev–Trinajstić information content (AvgIpc) is 2.36. The molecule has 0 unspecified atom stereocenters. The summed E-state index contributed by atoms with van der Waals surface area (Å²) >= 11 is 1.62. The largest absolute Gasteiger partial charge is 0.313 e. The van der Waals surface area contributed by atoms with E-state index in [1.807, 2.05) is 19.9 Å². The number of aryl methyl sites for hydroxylation is 3. The van der Waals surface area contributed by atoms with Crippen molar-refractivity contribution in [1.29, 1.82) is 0 Å². The Labute approximate surface area is 125 Å². The lowest BCUT2D eigenvalue weighted by molar-refractivity contribution is 0.723. The predicted octanol–water partition coefficient (Wildman–Crippen LogP) is 3.66. The highest BCUT2D eigenvalue weighted by molar-refractivity contribution is 7.99. The smallest absolute Gasteiger partial charge is 0.192 e. The molecule has 0 aliphatic rings. The number of nitrogens with zero attached hydrogens (tertiary/aromatic N) is 2. The fraction of sp³-hybridized carbons (Fsp3) is 0.375. The second kappa shape index (κ2) is 6.86. The molecule has 2 rings (SSSR count). The van der Waals surface area contributed by atoms with Gasteiger partial charge >= 0.3 is 0 Å². The van der Waals surface area contributed by atoms with Crippen LogP contribution in [0.4, 0.5) is 0 Å². The van der Waals surface area contributed by atoms with Crippen molar-refractivity contribution < 1.29 is 0 Å². The van der Waals surface area contributed by atoms with Crippen LogP contribution >= 0.6 is 11.8 Å². The summed E-state index contributed by atoms with van der Waals surface area (Å²) in [4.78, 5) is 10.1. The number of rotatable bonds is 5. The van der Waals surface area contributed by atoms with Crippen LogP contribution in [0, 0.1) is 20.8 Å². The molecule has 0 saturated heterocycles. The zero-order valence-electron chi connectivity index (χ0n) is 12.5. The summed E-state index contributed by atoms with van der Waals surface area (Å²) in [5.74, 6) is 0. The molecular formula is C16H21N3S. The minimum Gasteiger partial charge on any atom is -0.313 e. The monoisotopic (exact) mass is 287 g/mol. The van der Waals surface area contributed by atoms with Gasteiger partial charge in [-0.1, -0.05) is 13.0 Å². The van der Waals surface area contributed by atoms with Gasteiger partial charge in [-0.2, -0.15) is 0 Å². The van der Waals surface area contributed by atoms with Gasteiger partial charge in [0.25, 0.3) is 0 Å². The fourth-order valence-electron chi connectivity index (χ4n) is 2.03. The second-order valence-corrected chi connectivity index (χ2v) is 5.94. The molecular weight excluding hydrogens is 266 g/mol. The standard InChI is InChI=1S/C16H21N3S/c1-5-17-10-14-6-7-15(8-11(14)2)20-16-18-12(3)9-13(4)19-16/h6-9,17H,5,10H2,1-4H3. The van der Waals surface area contributed by atoms with Crippen molar-refractivity contribution in [2.75, 3.05) is 6.54 Å². The highest BCUT2D eigenvalue weighted by atomic mass is 32.2. The van der Waals surface area contributed by atoms with Gasteiger partial charge < -0.3 is 5.32 Å². The van der Waals surface area contributed by atoms with E-state index in [-0.39, 0.29) is 0 Å². The molecule has 0 aliphatic heterocycles. The quantitative estimate of drug-likeness (QED) is 0.852. The molecule has 0 saturated carbocycles. The summed E-state index contributed by atoms with van der Waals surface area (Å²) in [6.45, 7) is 10.2. The van der Waals surface area contributed by atoms with Crippen LogP contribution in [0.1, 0.15) is 29.4 Å². The van der Waals surface area contributed by atoms with Crippen molar-refractivity contribution in [3.8, 4) is 0 Å². The average molecular weight is 287 g/mol. The van der Waals surface area contributed by atoms with E-state index < -0.39 is 0 Å². The van der Waals surface area contributed by atoms with Gasteiger partial charge in [0, 0.05) is 22.8 Å². The van der Waals surface area contributed by atoms with Crippen LogP contribution in [0.25, 0.3) is 0 Å². The van der Waals surface area contributed by atoms with E-state index in [1.165, 1.54) is 16.0 Å². The third-order valence-electron chi connectivity index (χ3n) is 3.05. The predicted molar refractivity (Wildman–Crippen MR) is 84.2 cm³/mol. The van der Waals surface area contributed by atoms with Crippen molar-refractivity contribution in [3.63, 3.8) is 0 Å². The van der Waals surface area contributed by atoms with Gasteiger partial charge in [-0.3, -0.25) is 0 Å². The fourth-order valence-corrected chi connectivity index (χ4v) is 3.00. The van der Waals surface area contributed by atoms with Gasteiger partial charge in [-0.05, 0) is 68.4 Å². The van der Waals surface area contributed by atoms with Crippen LogP contribution < -0.4 is 5.32 Å². The van der Waals surface area contributed by atoms with Gasteiger partial charge in [-0.25, -0.2) is 9.97 Å². The Morgan fingerprint density at radius 2 is 1.75 bits per heavy atom. The Bertz CT molecular complexity index is 576. The van der Waals surface area contributed by atoms with E-state index >= 15 is 0 Å². The summed E-state index contributed by atoms with van der Waals surface area (Å²) in [5.41, 5.74) is 4.68. The van der Waals surface area contributed by atoms with Crippen LogP contribution in [-0.4, -0.2) is 16.5 Å². The molecule has 106 valence electrons.